The van der Waals surface area contributed by atoms with Gasteiger partial charge in [-0.1, -0.05) is 12.8 Å². The molecule has 122 valence electrons. The molecule has 2 aromatic heterocycles. The van der Waals surface area contributed by atoms with Crippen molar-refractivity contribution >= 4 is 21.9 Å². The van der Waals surface area contributed by atoms with Crippen molar-refractivity contribution in [3.63, 3.8) is 0 Å². The van der Waals surface area contributed by atoms with E-state index >= 15 is 0 Å². The lowest BCUT2D eigenvalue weighted by Gasteiger charge is -2.29. The molecule has 4 rings (SSSR count). The first-order chi connectivity index (χ1) is 11.1. The Morgan fingerprint density at radius 1 is 1.04 bits per heavy atom. The van der Waals surface area contributed by atoms with E-state index in [0.717, 1.165) is 52.1 Å². The lowest BCUT2D eigenvalue weighted by molar-refractivity contribution is 0.412. The Balaban J connectivity index is 2.19. The third-order valence-corrected chi connectivity index (χ3v) is 5.34. The van der Waals surface area contributed by atoms with E-state index in [0.29, 0.717) is 6.54 Å². The van der Waals surface area contributed by atoms with Gasteiger partial charge < -0.3 is 19.3 Å². The zero-order chi connectivity index (χ0) is 16.2. The Bertz CT molecular complexity index is 823. The van der Waals surface area contributed by atoms with Crippen LogP contribution in [-0.2, 0) is 5.41 Å². The van der Waals surface area contributed by atoms with Crippen LogP contribution in [0.25, 0.3) is 21.9 Å². The molecule has 1 aromatic carbocycles. The Morgan fingerprint density at radius 3 is 2.26 bits per heavy atom. The van der Waals surface area contributed by atoms with Crippen LogP contribution in [0.3, 0.4) is 0 Å². The molecule has 23 heavy (non-hydrogen) atoms. The second kappa shape index (κ2) is 5.03. The van der Waals surface area contributed by atoms with Gasteiger partial charge in [-0.25, -0.2) is 0 Å². The van der Waals surface area contributed by atoms with E-state index < -0.39 is 0 Å². The van der Waals surface area contributed by atoms with Gasteiger partial charge in [0.05, 0.1) is 12.5 Å². The molecule has 0 aliphatic heterocycles. The number of ether oxygens (including phenoxy) is 1. The quantitative estimate of drug-likeness (QED) is 0.769. The number of rotatable bonds is 3. The Labute approximate surface area is 135 Å². The van der Waals surface area contributed by atoms with Gasteiger partial charge in [0.2, 0.25) is 0 Å². The summed E-state index contributed by atoms with van der Waals surface area (Å²) in [6, 6.07) is 4.13. The maximum absolute atomic E-state index is 6.26. The van der Waals surface area contributed by atoms with Crippen LogP contribution in [0.15, 0.2) is 21.0 Å². The van der Waals surface area contributed by atoms with Crippen molar-refractivity contribution in [1.29, 1.82) is 0 Å². The van der Waals surface area contributed by atoms with E-state index in [1.54, 1.807) is 7.11 Å². The monoisotopic (exact) mass is 313 g/mol. The predicted molar refractivity (Wildman–Crippen MR) is 91.2 cm³/mol. The van der Waals surface area contributed by atoms with E-state index in [-0.39, 0.29) is 5.41 Å². The number of benzene rings is 1. The van der Waals surface area contributed by atoms with Gasteiger partial charge in [-0.3, -0.25) is 0 Å². The minimum absolute atomic E-state index is 0.0244. The van der Waals surface area contributed by atoms with Crippen molar-refractivity contribution in [3.05, 3.63) is 29.2 Å². The van der Waals surface area contributed by atoms with Crippen molar-refractivity contribution in [1.82, 2.24) is 0 Å². The molecule has 0 saturated heterocycles. The van der Waals surface area contributed by atoms with Gasteiger partial charge in [-0.05, 0) is 38.8 Å². The number of aryl methyl sites for hydroxylation is 2. The highest BCUT2D eigenvalue weighted by Crippen LogP contribution is 2.50. The van der Waals surface area contributed by atoms with Crippen LogP contribution >= 0.6 is 0 Å². The highest BCUT2D eigenvalue weighted by atomic mass is 16.5. The summed E-state index contributed by atoms with van der Waals surface area (Å²) in [4.78, 5) is 0. The fraction of sp³-hybridized carbons (Fsp3) is 0.474. The van der Waals surface area contributed by atoms with Crippen LogP contribution in [0.4, 0.5) is 0 Å². The number of furan rings is 2. The maximum Gasteiger partial charge on any atom is 0.177 e. The van der Waals surface area contributed by atoms with Gasteiger partial charge in [-0.2, -0.15) is 0 Å². The standard InChI is InChI=1S/C19H23NO3/c1-11-8-13-15(19(10-20)6-4-5-7-19)16-14(9-12(2)22-16)17(21-3)18(13)23-11/h8-9H,4-7,10,20H2,1-3H3. The zero-order valence-electron chi connectivity index (χ0n) is 14.0. The molecule has 0 bridgehead atoms. The number of methoxy groups -OCH3 is 1. The van der Waals surface area contributed by atoms with Gasteiger partial charge in [0.15, 0.2) is 11.3 Å². The fourth-order valence-corrected chi connectivity index (χ4v) is 4.32. The van der Waals surface area contributed by atoms with Crippen LogP contribution in [0.2, 0.25) is 0 Å². The van der Waals surface area contributed by atoms with Crippen LogP contribution in [-0.4, -0.2) is 13.7 Å². The lowest BCUT2D eigenvalue weighted by Crippen LogP contribution is -2.32. The van der Waals surface area contributed by atoms with Gasteiger partial charge in [-0.15, -0.1) is 0 Å². The highest BCUT2D eigenvalue weighted by Gasteiger charge is 2.39. The van der Waals surface area contributed by atoms with Crippen molar-refractivity contribution in [2.75, 3.05) is 13.7 Å². The van der Waals surface area contributed by atoms with Crippen LogP contribution in [0.5, 0.6) is 5.75 Å². The molecule has 4 nitrogen and oxygen atoms in total. The molecule has 1 saturated carbocycles. The Morgan fingerprint density at radius 2 is 1.65 bits per heavy atom. The minimum Gasteiger partial charge on any atom is -0.492 e. The van der Waals surface area contributed by atoms with E-state index in [9.17, 15) is 0 Å². The van der Waals surface area contributed by atoms with Gasteiger partial charge >= 0.3 is 0 Å². The molecule has 2 heterocycles. The molecule has 1 aliphatic rings. The molecule has 3 aromatic rings. The average Bonchev–Trinajstić information content (AvgIpc) is 3.22. The predicted octanol–water partition coefficient (Wildman–Crippen LogP) is 4.57. The highest BCUT2D eigenvalue weighted by molar-refractivity contribution is 6.05. The Hall–Kier alpha value is -1.94. The van der Waals surface area contributed by atoms with Crippen LogP contribution < -0.4 is 10.5 Å². The zero-order valence-corrected chi connectivity index (χ0v) is 14.0. The SMILES string of the molecule is COc1c2cc(C)oc2c(C2(CN)CCCC2)c2cc(C)oc12. The molecular weight excluding hydrogens is 290 g/mol. The summed E-state index contributed by atoms with van der Waals surface area (Å²) in [5, 5.41) is 2.08. The Kier molecular flexibility index (Phi) is 3.20. The summed E-state index contributed by atoms with van der Waals surface area (Å²) in [7, 11) is 1.68. The lowest BCUT2D eigenvalue weighted by atomic mass is 9.76. The molecule has 0 spiro atoms. The summed E-state index contributed by atoms with van der Waals surface area (Å²) >= 11 is 0. The van der Waals surface area contributed by atoms with E-state index in [4.69, 9.17) is 19.3 Å². The van der Waals surface area contributed by atoms with E-state index in [2.05, 4.69) is 6.07 Å². The molecular formula is C19H23NO3. The van der Waals surface area contributed by atoms with Gasteiger partial charge in [0.1, 0.15) is 17.1 Å². The summed E-state index contributed by atoms with van der Waals surface area (Å²) in [6.07, 6.45) is 4.62. The first-order valence-corrected chi connectivity index (χ1v) is 8.30. The van der Waals surface area contributed by atoms with E-state index in [1.165, 1.54) is 18.4 Å². The van der Waals surface area contributed by atoms with Crippen LogP contribution in [0.1, 0.15) is 42.8 Å². The molecule has 0 unspecified atom stereocenters. The smallest absolute Gasteiger partial charge is 0.177 e. The van der Waals surface area contributed by atoms with Crippen molar-refractivity contribution in [2.24, 2.45) is 5.73 Å². The molecule has 2 N–H and O–H groups in total. The molecule has 0 atom stereocenters. The number of hydrogen-bond acceptors (Lipinski definition) is 4. The third kappa shape index (κ3) is 1.94. The van der Waals surface area contributed by atoms with Gasteiger partial charge in [0.25, 0.3) is 0 Å². The maximum atomic E-state index is 6.26. The number of nitrogens with two attached hydrogens (primary N) is 1. The third-order valence-electron chi connectivity index (χ3n) is 5.34. The number of hydrogen-bond donors (Lipinski definition) is 1. The van der Waals surface area contributed by atoms with Crippen molar-refractivity contribution < 1.29 is 13.6 Å². The summed E-state index contributed by atoms with van der Waals surface area (Å²) in [5.74, 6) is 2.53. The summed E-state index contributed by atoms with van der Waals surface area (Å²) in [5.41, 5.74) is 9.18. The first kappa shape index (κ1) is 14.6. The minimum atomic E-state index is -0.0244. The molecule has 1 fully saturated rings. The first-order valence-electron chi connectivity index (χ1n) is 8.30. The topological polar surface area (TPSA) is 61.5 Å². The fourth-order valence-electron chi connectivity index (χ4n) is 4.32. The van der Waals surface area contributed by atoms with Crippen LogP contribution in [0, 0.1) is 13.8 Å². The molecule has 0 amide bonds. The second-order valence-electron chi connectivity index (χ2n) is 6.80. The normalized spacial score (nSPS) is 17.4. The van der Waals surface area contributed by atoms with E-state index in [1.807, 2.05) is 19.9 Å². The van der Waals surface area contributed by atoms with Crippen molar-refractivity contribution in [2.45, 2.75) is 44.9 Å². The average molecular weight is 313 g/mol. The van der Waals surface area contributed by atoms with Gasteiger partial charge in [0, 0.05) is 22.9 Å². The summed E-state index contributed by atoms with van der Waals surface area (Å²) < 4.78 is 17.8. The molecule has 4 heteroatoms. The van der Waals surface area contributed by atoms with Crippen molar-refractivity contribution in [3.8, 4) is 5.75 Å². The molecule has 1 aliphatic carbocycles. The molecule has 0 radical (unpaired) electrons. The second-order valence-corrected chi connectivity index (χ2v) is 6.80. The largest absolute Gasteiger partial charge is 0.492 e. The number of fused-ring (bicyclic) bond motifs is 2. The summed E-state index contributed by atoms with van der Waals surface area (Å²) in [6.45, 7) is 4.58.